The van der Waals surface area contributed by atoms with Crippen molar-refractivity contribution in [3.05, 3.63) is 58.2 Å². The van der Waals surface area contributed by atoms with Crippen LogP contribution >= 0.6 is 0 Å². The monoisotopic (exact) mass is 298 g/mol. The molecule has 2 N–H and O–H groups in total. The van der Waals surface area contributed by atoms with Crippen LogP contribution in [0.4, 0.5) is 0 Å². The number of hydrogen-bond donors (Lipinski definition) is 1. The molecule has 0 aromatic heterocycles. The number of esters is 1. The second kappa shape index (κ2) is 6.35. The molecule has 5 heteroatoms. The predicted molar refractivity (Wildman–Crippen MR) is 81.2 cm³/mol. The molecule has 22 heavy (non-hydrogen) atoms. The van der Waals surface area contributed by atoms with Crippen LogP contribution in [0.15, 0.2) is 47.1 Å². The molecule has 1 unspecified atom stereocenters. The Hall–Kier alpha value is -2.74. The molecule has 0 spiro atoms. The number of nitrogens with zero attached hydrogens (tertiary/aromatic N) is 1. The largest absolute Gasteiger partial charge is 0.466 e. The first-order valence-electron chi connectivity index (χ1n) is 6.99. The minimum absolute atomic E-state index is 0.0252. The highest BCUT2D eigenvalue weighted by Crippen LogP contribution is 2.39. The number of carbonyl (C=O) groups excluding carboxylic acids is 1. The van der Waals surface area contributed by atoms with Gasteiger partial charge in [-0.15, -0.1) is 0 Å². The second-order valence-electron chi connectivity index (χ2n) is 4.98. The fourth-order valence-corrected chi connectivity index (χ4v) is 2.54. The molecule has 1 aliphatic rings. The Morgan fingerprint density at radius 3 is 2.55 bits per heavy atom. The van der Waals surface area contributed by atoms with Crippen LogP contribution in [0.1, 0.15) is 30.9 Å². The van der Waals surface area contributed by atoms with Crippen LogP contribution in [0.25, 0.3) is 0 Å². The molecule has 0 aliphatic carbocycles. The normalized spacial score (nSPS) is 17.8. The van der Waals surface area contributed by atoms with Crippen molar-refractivity contribution in [1.82, 2.24) is 0 Å². The maximum atomic E-state index is 12.1. The SMILES string of the molecule is CCc1ccc(C2C(C#N)=C(N)OC(C)=C2C(=O)OC)cc1. The molecule has 2 rings (SSSR count). The summed E-state index contributed by atoms with van der Waals surface area (Å²) in [7, 11) is 1.30. The van der Waals surface area contributed by atoms with E-state index in [4.69, 9.17) is 15.2 Å². The molecular formula is C17H18N2O3. The van der Waals surface area contributed by atoms with Gasteiger partial charge >= 0.3 is 5.97 Å². The maximum Gasteiger partial charge on any atom is 0.338 e. The molecule has 5 nitrogen and oxygen atoms in total. The summed E-state index contributed by atoms with van der Waals surface area (Å²) in [6.07, 6.45) is 0.913. The van der Waals surface area contributed by atoms with Crippen LogP contribution in [-0.2, 0) is 20.7 Å². The molecule has 1 aliphatic heterocycles. The lowest BCUT2D eigenvalue weighted by Crippen LogP contribution is -2.25. The quantitative estimate of drug-likeness (QED) is 0.867. The topological polar surface area (TPSA) is 85.3 Å². The molecule has 0 amide bonds. The Balaban J connectivity index is 2.59. The maximum absolute atomic E-state index is 12.1. The molecule has 0 radical (unpaired) electrons. The number of nitriles is 1. The molecule has 0 bridgehead atoms. The first-order chi connectivity index (χ1) is 10.5. The fourth-order valence-electron chi connectivity index (χ4n) is 2.54. The van der Waals surface area contributed by atoms with Gasteiger partial charge in [0.05, 0.1) is 18.6 Å². The molecule has 1 atom stereocenters. The van der Waals surface area contributed by atoms with E-state index in [-0.39, 0.29) is 11.5 Å². The molecule has 0 fully saturated rings. The number of allylic oxidation sites excluding steroid dienone is 2. The van der Waals surface area contributed by atoms with Gasteiger partial charge in [-0.3, -0.25) is 0 Å². The summed E-state index contributed by atoms with van der Waals surface area (Å²) in [5.74, 6) is -0.718. The summed E-state index contributed by atoms with van der Waals surface area (Å²) in [6.45, 7) is 3.70. The van der Waals surface area contributed by atoms with Gasteiger partial charge in [0, 0.05) is 0 Å². The zero-order valence-corrected chi connectivity index (χ0v) is 12.8. The van der Waals surface area contributed by atoms with E-state index in [9.17, 15) is 10.1 Å². The average Bonchev–Trinajstić information content (AvgIpc) is 2.53. The van der Waals surface area contributed by atoms with E-state index in [1.165, 1.54) is 12.7 Å². The lowest BCUT2D eigenvalue weighted by Gasteiger charge is -2.26. The standard InChI is InChI=1S/C17H18N2O3/c1-4-11-5-7-12(8-6-11)15-13(9-18)16(19)22-10(2)14(15)17(20)21-3/h5-8,15H,4,19H2,1-3H3. The lowest BCUT2D eigenvalue weighted by molar-refractivity contribution is -0.136. The van der Waals surface area contributed by atoms with Gasteiger partial charge in [0.15, 0.2) is 0 Å². The molecule has 0 saturated heterocycles. The summed E-state index contributed by atoms with van der Waals surface area (Å²) in [5.41, 5.74) is 8.32. The van der Waals surface area contributed by atoms with Crippen LogP contribution in [0.2, 0.25) is 0 Å². The summed E-state index contributed by atoms with van der Waals surface area (Å²) in [4.78, 5) is 12.1. The van der Waals surface area contributed by atoms with E-state index in [1.807, 2.05) is 30.3 Å². The number of benzene rings is 1. The predicted octanol–water partition coefficient (Wildman–Crippen LogP) is 2.50. The molecule has 0 saturated carbocycles. The third-order valence-electron chi connectivity index (χ3n) is 3.73. The van der Waals surface area contributed by atoms with Crippen molar-refractivity contribution in [2.45, 2.75) is 26.2 Å². The van der Waals surface area contributed by atoms with Crippen molar-refractivity contribution in [3.8, 4) is 6.07 Å². The molecule has 1 aromatic carbocycles. The number of methoxy groups -OCH3 is 1. The average molecular weight is 298 g/mol. The van der Waals surface area contributed by atoms with E-state index in [0.29, 0.717) is 11.3 Å². The molecule has 1 aromatic rings. The highest BCUT2D eigenvalue weighted by molar-refractivity contribution is 5.92. The van der Waals surface area contributed by atoms with E-state index in [0.717, 1.165) is 12.0 Å². The second-order valence-corrected chi connectivity index (χ2v) is 4.98. The number of carbonyl (C=O) groups is 1. The lowest BCUT2D eigenvalue weighted by atomic mass is 9.83. The Morgan fingerprint density at radius 1 is 1.41 bits per heavy atom. The highest BCUT2D eigenvalue weighted by Gasteiger charge is 2.35. The smallest absolute Gasteiger partial charge is 0.338 e. The van der Waals surface area contributed by atoms with E-state index < -0.39 is 11.9 Å². The van der Waals surface area contributed by atoms with Gasteiger partial charge in [-0.05, 0) is 24.5 Å². The van der Waals surface area contributed by atoms with E-state index in [2.05, 4.69) is 6.92 Å². The first-order valence-corrected chi connectivity index (χ1v) is 6.99. The Kier molecular flexibility index (Phi) is 4.52. The van der Waals surface area contributed by atoms with Gasteiger partial charge in [0.2, 0.25) is 5.88 Å². The van der Waals surface area contributed by atoms with Crippen molar-refractivity contribution < 1.29 is 14.3 Å². The Bertz CT molecular complexity index is 694. The van der Waals surface area contributed by atoms with Crippen LogP contribution in [0.3, 0.4) is 0 Å². The molecular weight excluding hydrogens is 280 g/mol. The molecule has 1 heterocycles. The highest BCUT2D eigenvalue weighted by atomic mass is 16.5. The van der Waals surface area contributed by atoms with Gasteiger partial charge in [0.25, 0.3) is 0 Å². The molecule has 114 valence electrons. The van der Waals surface area contributed by atoms with Crippen LogP contribution in [0.5, 0.6) is 0 Å². The minimum atomic E-state index is -0.572. The zero-order chi connectivity index (χ0) is 16.3. The van der Waals surface area contributed by atoms with E-state index in [1.54, 1.807) is 6.92 Å². The van der Waals surface area contributed by atoms with Crippen molar-refractivity contribution >= 4 is 5.97 Å². The Labute approximate surface area is 129 Å². The number of aryl methyl sites for hydroxylation is 1. The van der Waals surface area contributed by atoms with Crippen molar-refractivity contribution in [1.29, 1.82) is 5.26 Å². The van der Waals surface area contributed by atoms with Gasteiger partial charge in [-0.2, -0.15) is 5.26 Å². The van der Waals surface area contributed by atoms with Crippen molar-refractivity contribution in [2.75, 3.05) is 7.11 Å². The fraction of sp³-hybridized carbons (Fsp3) is 0.294. The summed E-state index contributed by atoms with van der Waals surface area (Å²) in [5, 5.41) is 9.41. The number of ether oxygens (including phenoxy) is 2. The summed E-state index contributed by atoms with van der Waals surface area (Å²) >= 11 is 0. The Morgan fingerprint density at radius 2 is 2.05 bits per heavy atom. The first kappa shape index (κ1) is 15.6. The number of rotatable bonds is 3. The number of hydrogen-bond acceptors (Lipinski definition) is 5. The number of nitrogens with two attached hydrogens (primary N) is 1. The van der Waals surface area contributed by atoms with Crippen LogP contribution < -0.4 is 5.73 Å². The minimum Gasteiger partial charge on any atom is -0.466 e. The van der Waals surface area contributed by atoms with E-state index >= 15 is 0 Å². The van der Waals surface area contributed by atoms with Crippen molar-refractivity contribution in [2.24, 2.45) is 5.73 Å². The van der Waals surface area contributed by atoms with Crippen LogP contribution in [0, 0.1) is 11.3 Å². The summed E-state index contributed by atoms with van der Waals surface area (Å²) < 4.78 is 10.2. The third kappa shape index (κ3) is 2.68. The summed E-state index contributed by atoms with van der Waals surface area (Å²) in [6, 6.07) is 9.79. The van der Waals surface area contributed by atoms with Gasteiger partial charge < -0.3 is 15.2 Å². The third-order valence-corrected chi connectivity index (χ3v) is 3.73. The van der Waals surface area contributed by atoms with Crippen LogP contribution in [-0.4, -0.2) is 13.1 Å². The van der Waals surface area contributed by atoms with Crippen molar-refractivity contribution in [3.63, 3.8) is 0 Å². The van der Waals surface area contributed by atoms with Gasteiger partial charge in [-0.25, -0.2) is 4.79 Å². The van der Waals surface area contributed by atoms with Gasteiger partial charge in [-0.1, -0.05) is 31.2 Å². The zero-order valence-electron chi connectivity index (χ0n) is 12.8. The van der Waals surface area contributed by atoms with Gasteiger partial charge in [0.1, 0.15) is 17.4 Å².